The maximum atomic E-state index is 12.6. The first-order chi connectivity index (χ1) is 8.41. The van der Waals surface area contributed by atoms with E-state index in [2.05, 4.69) is 5.10 Å². The molecule has 0 saturated carbocycles. The molecule has 1 heterocycles. The third-order valence-corrected chi connectivity index (χ3v) is 2.84. The van der Waals surface area contributed by atoms with Crippen LogP contribution < -0.4 is 0 Å². The lowest BCUT2D eigenvalue weighted by Gasteiger charge is -2.11. The van der Waals surface area contributed by atoms with Crippen molar-refractivity contribution < 1.29 is 13.2 Å². The van der Waals surface area contributed by atoms with Crippen LogP contribution in [0, 0.1) is 6.92 Å². The summed E-state index contributed by atoms with van der Waals surface area (Å²) in [4.78, 5) is 0. The van der Waals surface area contributed by atoms with Gasteiger partial charge in [-0.05, 0) is 30.7 Å². The molecule has 0 fully saturated rings. The number of aromatic nitrogens is 2. The van der Waals surface area contributed by atoms with Gasteiger partial charge in [0.2, 0.25) is 0 Å². The summed E-state index contributed by atoms with van der Waals surface area (Å²) in [7, 11) is 0. The normalized spacial score (nSPS) is 11.8. The molecular weight excluding hydrogens is 265 g/mol. The van der Waals surface area contributed by atoms with E-state index in [-0.39, 0.29) is 5.88 Å². The summed E-state index contributed by atoms with van der Waals surface area (Å²) >= 11 is 5.62. The van der Waals surface area contributed by atoms with E-state index in [1.165, 1.54) is 10.7 Å². The van der Waals surface area contributed by atoms with E-state index in [4.69, 9.17) is 11.6 Å². The molecule has 0 N–H and O–H groups in total. The third-order valence-electron chi connectivity index (χ3n) is 2.56. The number of nitrogens with zero attached hydrogens (tertiary/aromatic N) is 2. The molecular formula is C12H10ClF3N2. The second-order valence-electron chi connectivity index (χ2n) is 3.88. The molecule has 96 valence electrons. The van der Waals surface area contributed by atoms with Crippen LogP contribution in [0.3, 0.4) is 0 Å². The fourth-order valence-corrected chi connectivity index (χ4v) is 1.74. The zero-order valence-electron chi connectivity index (χ0n) is 9.50. The van der Waals surface area contributed by atoms with Crippen molar-refractivity contribution in [1.82, 2.24) is 9.78 Å². The first-order valence-corrected chi connectivity index (χ1v) is 5.74. The molecule has 0 spiro atoms. The fraction of sp³-hybridized carbons (Fsp3) is 0.250. The second-order valence-corrected chi connectivity index (χ2v) is 4.15. The molecule has 0 saturated heterocycles. The van der Waals surface area contributed by atoms with Crippen molar-refractivity contribution in [2.45, 2.75) is 19.0 Å². The first kappa shape index (κ1) is 13.0. The molecule has 0 unspecified atom stereocenters. The van der Waals surface area contributed by atoms with Crippen LogP contribution in [0.15, 0.2) is 30.5 Å². The number of hydrogen-bond donors (Lipinski definition) is 0. The average molecular weight is 275 g/mol. The summed E-state index contributed by atoms with van der Waals surface area (Å²) in [6.07, 6.45) is -2.76. The van der Waals surface area contributed by atoms with E-state index in [1.54, 1.807) is 19.2 Å². The second kappa shape index (κ2) is 4.65. The van der Waals surface area contributed by atoms with Gasteiger partial charge in [-0.2, -0.15) is 18.3 Å². The molecule has 6 heteroatoms. The highest BCUT2D eigenvalue weighted by atomic mass is 35.5. The van der Waals surface area contributed by atoms with Crippen molar-refractivity contribution in [2.24, 2.45) is 0 Å². The first-order valence-electron chi connectivity index (χ1n) is 5.20. The van der Waals surface area contributed by atoms with E-state index in [1.807, 2.05) is 0 Å². The van der Waals surface area contributed by atoms with E-state index in [0.29, 0.717) is 16.9 Å². The van der Waals surface area contributed by atoms with Gasteiger partial charge in [0.15, 0.2) is 0 Å². The molecule has 0 amide bonds. The number of halogens is 4. The monoisotopic (exact) mass is 274 g/mol. The Kier molecular flexibility index (Phi) is 3.34. The van der Waals surface area contributed by atoms with Crippen molar-refractivity contribution in [3.05, 3.63) is 47.3 Å². The topological polar surface area (TPSA) is 17.8 Å². The Morgan fingerprint density at radius 2 is 2.00 bits per heavy atom. The van der Waals surface area contributed by atoms with Crippen molar-refractivity contribution in [2.75, 3.05) is 0 Å². The van der Waals surface area contributed by atoms with E-state index < -0.39 is 11.7 Å². The molecule has 0 aliphatic rings. The number of benzene rings is 1. The van der Waals surface area contributed by atoms with Crippen LogP contribution >= 0.6 is 11.6 Å². The predicted molar refractivity (Wildman–Crippen MR) is 62.9 cm³/mol. The predicted octanol–water partition coefficient (Wildman–Crippen LogP) is 3.94. The van der Waals surface area contributed by atoms with Gasteiger partial charge in [-0.15, -0.1) is 11.6 Å². The zero-order chi connectivity index (χ0) is 13.3. The summed E-state index contributed by atoms with van der Waals surface area (Å²) in [5.74, 6) is 0.227. The number of hydrogen-bond acceptors (Lipinski definition) is 1. The number of rotatable bonds is 2. The molecule has 0 aliphatic heterocycles. The minimum absolute atomic E-state index is 0.227. The van der Waals surface area contributed by atoms with E-state index in [9.17, 15) is 13.2 Å². The van der Waals surface area contributed by atoms with Gasteiger partial charge in [0.05, 0.1) is 22.8 Å². The van der Waals surface area contributed by atoms with Crippen LogP contribution in [0.25, 0.3) is 5.69 Å². The highest BCUT2D eigenvalue weighted by molar-refractivity contribution is 6.16. The zero-order valence-corrected chi connectivity index (χ0v) is 10.3. The summed E-state index contributed by atoms with van der Waals surface area (Å²) in [5.41, 5.74) is 1.05. The average Bonchev–Trinajstić information content (AvgIpc) is 2.76. The van der Waals surface area contributed by atoms with Crippen molar-refractivity contribution in [3.8, 4) is 5.69 Å². The highest BCUT2D eigenvalue weighted by Crippen LogP contribution is 2.31. The molecule has 2 aromatic rings. The van der Waals surface area contributed by atoms with E-state index in [0.717, 1.165) is 12.1 Å². The Bertz CT molecular complexity index is 561. The largest absolute Gasteiger partial charge is 0.416 e. The lowest BCUT2D eigenvalue weighted by molar-refractivity contribution is -0.137. The summed E-state index contributed by atoms with van der Waals surface area (Å²) < 4.78 is 39.3. The van der Waals surface area contributed by atoms with Crippen LogP contribution in [0.5, 0.6) is 0 Å². The molecule has 0 aliphatic carbocycles. The Hall–Kier alpha value is -1.49. The van der Waals surface area contributed by atoms with Crippen LogP contribution in [-0.2, 0) is 12.1 Å². The summed E-state index contributed by atoms with van der Waals surface area (Å²) in [6.45, 7) is 1.73. The maximum absolute atomic E-state index is 12.6. The van der Waals surface area contributed by atoms with Gasteiger partial charge in [-0.3, -0.25) is 0 Å². The maximum Gasteiger partial charge on any atom is 0.416 e. The Morgan fingerprint density at radius 1 is 1.28 bits per heavy atom. The van der Waals surface area contributed by atoms with Gasteiger partial charge in [0.1, 0.15) is 0 Å². The lowest BCUT2D eigenvalue weighted by Crippen LogP contribution is -2.07. The van der Waals surface area contributed by atoms with Gasteiger partial charge >= 0.3 is 6.18 Å². The van der Waals surface area contributed by atoms with Crippen molar-refractivity contribution in [1.29, 1.82) is 0 Å². The Balaban J connectivity index is 2.49. The quantitative estimate of drug-likeness (QED) is 0.759. The molecule has 0 radical (unpaired) electrons. The highest BCUT2D eigenvalue weighted by Gasteiger charge is 2.31. The van der Waals surface area contributed by atoms with Gasteiger partial charge < -0.3 is 0 Å². The van der Waals surface area contributed by atoms with E-state index >= 15 is 0 Å². The van der Waals surface area contributed by atoms with Crippen molar-refractivity contribution >= 4 is 11.6 Å². The third kappa shape index (κ3) is 2.51. The standard InChI is InChI=1S/C12H10ClF3N2/c1-8-2-3-9(12(14,15)16)6-11(8)18-5-4-10(7-13)17-18/h2-6H,7H2,1H3. The molecule has 1 aromatic heterocycles. The minimum Gasteiger partial charge on any atom is -0.240 e. The number of alkyl halides is 4. The summed E-state index contributed by atoms with van der Waals surface area (Å²) in [6, 6.07) is 5.25. The smallest absolute Gasteiger partial charge is 0.240 e. The summed E-state index contributed by atoms with van der Waals surface area (Å²) in [5, 5.41) is 4.10. The van der Waals surface area contributed by atoms with Crippen molar-refractivity contribution in [3.63, 3.8) is 0 Å². The molecule has 2 nitrogen and oxygen atoms in total. The van der Waals surface area contributed by atoms with Gasteiger partial charge in [-0.25, -0.2) is 4.68 Å². The molecule has 0 atom stereocenters. The van der Waals surface area contributed by atoms with Gasteiger partial charge in [0.25, 0.3) is 0 Å². The van der Waals surface area contributed by atoms with Crippen LogP contribution in [0.4, 0.5) is 13.2 Å². The number of aryl methyl sites for hydroxylation is 1. The molecule has 0 bridgehead atoms. The van der Waals surface area contributed by atoms with Crippen LogP contribution in [0.1, 0.15) is 16.8 Å². The SMILES string of the molecule is Cc1ccc(C(F)(F)F)cc1-n1ccc(CCl)n1. The lowest BCUT2D eigenvalue weighted by atomic mass is 10.1. The molecule has 1 aromatic carbocycles. The Labute approximate surface area is 107 Å². The fourth-order valence-electron chi connectivity index (χ4n) is 1.60. The molecule has 2 rings (SSSR count). The van der Waals surface area contributed by atoms with Crippen LogP contribution in [-0.4, -0.2) is 9.78 Å². The van der Waals surface area contributed by atoms with Gasteiger partial charge in [-0.1, -0.05) is 6.07 Å². The minimum atomic E-state index is -4.36. The Morgan fingerprint density at radius 3 is 2.56 bits per heavy atom. The van der Waals surface area contributed by atoms with Crippen LogP contribution in [0.2, 0.25) is 0 Å². The van der Waals surface area contributed by atoms with Gasteiger partial charge in [0, 0.05) is 6.20 Å². The molecule has 18 heavy (non-hydrogen) atoms.